The minimum absolute atomic E-state index is 0.0810. The number of likely N-dealkylation sites (tertiary alicyclic amines) is 1. The second-order valence-corrected chi connectivity index (χ2v) is 8.36. The first kappa shape index (κ1) is 21.7. The lowest BCUT2D eigenvalue weighted by atomic mass is 9.97. The van der Waals surface area contributed by atoms with Crippen LogP contribution in [0.1, 0.15) is 35.0 Å². The molecule has 0 spiro atoms. The van der Waals surface area contributed by atoms with Crippen LogP contribution in [-0.4, -0.2) is 68.2 Å². The van der Waals surface area contributed by atoms with E-state index in [0.29, 0.717) is 30.0 Å². The second kappa shape index (κ2) is 8.55. The SMILES string of the molecule is Cc1nc2c(C)cccn2c1C(O)=C1C(=O)C(=O)N(CCCN(C)C)[C@H]1c1ccncc1. The number of nitrogens with zero attached hydrogens (tertiary/aromatic N) is 5. The first-order valence-electron chi connectivity index (χ1n) is 10.6. The quantitative estimate of drug-likeness (QED) is 0.365. The van der Waals surface area contributed by atoms with Crippen molar-refractivity contribution in [2.45, 2.75) is 26.3 Å². The molecule has 1 amide bonds. The molecule has 0 saturated carbocycles. The molecule has 1 aliphatic rings. The van der Waals surface area contributed by atoms with E-state index in [2.05, 4.69) is 9.97 Å². The number of aryl methyl sites for hydroxylation is 2. The van der Waals surface area contributed by atoms with Crippen LogP contribution in [0.2, 0.25) is 0 Å². The van der Waals surface area contributed by atoms with Crippen LogP contribution in [-0.2, 0) is 9.59 Å². The smallest absolute Gasteiger partial charge is 0.295 e. The summed E-state index contributed by atoms with van der Waals surface area (Å²) in [6.07, 6.45) is 5.75. The summed E-state index contributed by atoms with van der Waals surface area (Å²) in [6, 6.07) is 6.66. The number of hydrogen-bond donors (Lipinski definition) is 1. The second-order valence-electron chi connectivity index (χ2n) is 8.36. The van der Waals surface area contributed by atoms with E-state index in [1.807, 2.05) is 38.1 Å². The fraction of sp³-hybridized carbons (Fsp3) is 0.333. The molecule has 8 nitrogen and oxygen atoms in total. The van der Waals surface area contributed by atoms with Crippen molar-refractivity contribution in [2.75, 3.05) is 27.2 Å². The Morgan fingerprint density at radius 3 is 2.56 bits per heavy atom. The van der Waals surface area contributed by atoms with Crippen molar-refractivity contribution in [1.29, 1.82) is 0 Å². The monoisotopic (exact) mass is 433 g/mol. The highest BCUT2D eigenvalue weighted by atomic mass is 16.3. The molecular weight excluding hydrogens is 406 g/mol. The Balaban J connectivity index is 1.88. The van der Waals surface area contributed by atoms with Gasteiger partial charge in [-0.1, -0.05) is 6.07 Å². The average Bonchev–Trinajstić information content (AvgIpc) is 3.23. The molecule has 1 N–H and O–H groups in total. The van der Waals surface area contributed by atoms with E-state index in [-0.39, 0.29) is 11.3 Å². The largest absolute Gasteiger partial charge is 0.505 e. The van der Waals surface area contributed by atoms with Gasteiger partial charge in [-0.3, -0.25) is 19.0 Å². The van der Waals surface area contributed by atoms with E-state index < -0.39 is 17.7 Å². The summed E-state index contributed by atoms with van der Waals surface area (Å²) in [7, 11) is 3.92. The minimum Gasteiger partial charge on any atom is -0.505 e. The molecule has 1 fully saturated rings. The number of rotatable bonds is 6. The molecule has 166 valence electrons. The number of aliphatic hydroxyl groups excluding tert-OH is 1. The van der Waals surface area contributed by atoms with Crippen LogP contribution in [0.4, 0.5) is 0 Å². The maximum absolute atomic E-state index is 13.2. The first-order valence-corrected chi connectivity index (χ1v) is 10.6. The Morgan fingerprint density at radius 1 is 1.16 bits per heavy atom. The van der Waals surface area contributed by atoms with E-state index in [9.17, 15) is 14.7 Å². The Hall–Kier alpha value is -3.52. The maximum atomic E-state index is 13.2. The number of pyridine rings is 2. The molecule has 1 saturated heterocycles. The van der Waals surface area contributed by atoms with Crippen LogP contribution in [0.15, 0.2) is 48.4 Å². The van der Waals surface area contributed by atoms with Gasteiger partial charge in [-0.15, -0.1) is 0 Å². The standard InChI is InChI=1S/C24H27N5O3/c1-15-7-5-13-28-19(16(2)26-23(15)28)21(30)18-20(17-8-10-25-11-9-17)29(24(32)22(18)31)14-6-12-27(3)4/h5,7-11,13,20,30H,6,12,14H2,1-4H3/t20-/m0/s1. The average molecular weight is 434 g/mol. The summed E-state index contributed by atoms with van der Waals surface area (Å²) < 4.78 is 1.77. The number of fused-ring (bicyclic) bond motifs is 1. The number of aromatic nitrogens is 3. The van der Waals surface area contributed by atoms with Crippen LogP contribution in [0.3, 0.4) is 0 Å². The zero-order chi connectivity index (χ0) is 23.0. The zero-order valence-electron chi connectivity index (χ0n) is 18.7. The molecule has 4 rings (SSSR count). The lowest BCUT2D eigenvalue weighted by Crippen LogP contribution is -2.32. The molecule has 32 heavy (non-hydrogen) atoms. The lowest BCUT2D eigenvalue weighted by molar-refractivity contribution is -0.139. The van der Waals surface area contributed by atoms with E-state index in [0.717, 1.165) is 17.7 Å². The number of Topliss-reactive ketones (excluding diaryl/α,β-unsaturated/α-hetero) is 1. The summed E-state index contributed by atoms with van der Waals surface area (Å²) in [5, 5.41) is 11.4. The van der Waals surface area contributed by atoms with Crippen LogP contribution < -0.4 is 0 Å². The summed E-state index contributed by atoms with van der Waals surface area (Å²) in [5.74, 6) is -1.50. The third-order valence-corrected chi connectivity index (χ3v) is 5.81. The topological polar surface area (TPSA) is 91.0 Å². The molecule has 1 aliphatic heterocycles. The van der Waals surface area contributed by atoms with Gasteiger partial charge in [0.15, 0.2) is 5.76 Å². The zero-order valence-corrected chi connectivity index (χ0v) is 18.7. The van der Waals surface area contributed by atoms with Gasteiger partial charge in [0.05, 0.1) is 17.3 Å². The number of hydrogen-bond acceptors (Lipinski definition) is 6. The van der Waals surface area contributed by atoms with Crippen molar-refractivity contribution in [3.05, 3.63) is 70.9 Å². The molecule has 0 aliphatic carbocycles. The van der Waals surface area contributed by atoms with Crippen molar-refractivity contribution in [2.24, 2.45) is 0 Å². The van der Waals surface area contributed by atoms with Gasteiger partial charge in [0.2, 0.25) is 0 Å². The molecular formula is C24H27N5O3. The van der Waals surface area contributed by atoms with Crippen LogP contribution in [0.5, 0.6) is 0 Å². The Bertz CT molecular complexity index is 1210. The summed E-state index contributed by atoms with van der Waals surface area (Å²) in [4.78, 5) is 38.4. The minimum atomic E-state index is -0.685. The third-order valence-electron chi connectivity index (χ3n) is 5.81. The highest BCUT2D eigenvalue weighted by Gasteiger charge is 2.46. The fourth-order valence-corrected chi connectivity index (χ4v) is 4.29. The van der Waals surface area contributed by atoms with Gasteiger partial charge in [0, 0.05) is 25.1 Å². The molecule has 1 atom stereocenters. The number of amides is 1. The first-order chi connectivity index (χ1) is 15.3. The molecule has 3 aromatic heterocycles. The van der Waals surface area contributed by atoms with Crippen molar-refractivity contribution in [3.63, 3.8) is 0 Å². The Labute approximate surface area is 186 Å². The number of carbonyl (C=O) groups excluding carboxylic acids is 2. The number of aliphatic hydroxyl groups is 1. The van der Waals surface area contributed by atoms with Gasteiger partial charge in [-0.05, 0) is 70.2 Å². The van der Waals surface area contributed by atoms with Gasteiger partial charge in [-0.25, -0.2) is 4.98 Å². The van der Waals surface area contributed by atoms with Crippen LogP contribution >= 0.6 is 0 Å². The van der Waals surface area contributed by atoms with Crippen molar-refractivity contribution < 1.29 is 14.7 Å². The molecule has 0 bridgehead atoms. The molecule has 4 heterocycles. The fourth-order valence-electron chi connectivity index (χ4n) is 4.29. The maximum Gasteiger partial charge on any atom is 0.295 e. The van der Waals surface area contributed by atoms with Gasteiger partial charge < -0.3 is 14.9 Å². The molecule has 0 unspecified atom stereocenters. The third kappa shape index (κ3) is 3.67. The number of carbonyl (C=O) groups is 2. The van der Waals surface area contributed by atoms with Gasteiger partial charge >= 0.3 is 0 Å². The normalized spacial score (nSPS) is 18.3. The van der Waals surface area contributed by atoms with Crippen LogP contribution in [0, 0.1) is 13.8 Å². The van der Waals surface area contributed by atoms with Crippen molar-refractivity contribution >= 4 is 23.1 Å². The van der Waals surface area contributed by atoms with Crippen molar-refractivity contribution in [1.82, 2.24) is 24.2 Å². The number of ketones is 1. The predicted octanol–water partition coefficient (Wildman–Crippen LogP) is 2.72. The Morgan fingerprint density at radius 2 is 1.88 bits per heavy atom. The van der Waals surface area contributed by atoms with E-state index in [1.165, 1.54) is 0 Å². The van der Waals surface area contributed by atoms with Gasteiger partial charge in [0.1, 0.15) is 11.3 Å². The number of imidazole rings is 1. The molecule has 3 aromatic rings. The Kier molecular flexibility index (Phi) is 5.80. The highest BCUT2D eigenvalue weighted by Crippen LogP contribution is 2.39. The van der Waals surface area contributed by atoms with E-state index >= 15 is 0 Å². The van der Waals surface area contributed by atoms with Gasteiger partial charge in [-0.2, -0.15) is 0 Å². The van der Waals surface area contributed by atoms with Crippen molar-refractivity contribution in [3.8, 4) is 0 Å². The van der Waals surface area contributed by atoms with Gasteiger partial charge in [0.25, 0.3) is 11.7 Å². The molecule has 0 radical (unpaired) electrons. The van der Waals surface area contributed by atoms with Crippen LogP contribution in [0.25, 0.3) is 11.4 Å². The molecule has 0 aromatic carbocycles. The summed E-state index contributed by atoms with van der Waals surface area (Å²) in [5.41, 5.74) is 3.47. The van der Waals surface area contributed by atoms with E-state index in [4.69, 9.17) is 0 Å². The molecule has 8 heteroatoms. The highest BCUT2D eigenvalue weighted by molar-refractivity contribution is 6.46. The predicted molar refractivity (Wildman–Crippen MR) is 121 cm³/mol. The summed E-state index contributed by atoms with van der Waals surface area (Å²) >= 11 is 0. The summed E-state index contributed by atoms with van der Waals surface area (Å²) in [6.45, 7) is 4.90. The van der Waals surface area contributed by atoms with E-state index in [1.54, 1.807) is 46.9 Å². The lowest BCUT2D eigenvalue weighted by Gasteiger charge is -2.25.